The first-order chi connectivity index (χ1) is 9.58. The number of nitrogens with one attached hydrogen (secondary N) is 2. The number of fused-ring (bicyclic) bond motifs is 2. The third kappa shape index (κ3) is 3.38. The second-order valence-corrected chi connectivity index (χ2v) is 7.63. The van der Waals surface area contributed by atoms with E-state index in [1.165, 1.54) is 24.2 Å². The van der Waals surface area contributed by atoms with Crippen molar-refractivity contribution < 1.29 is 9.53 Å². The molecule has 2 saturated heterocycles. The first-order valence-electron chi connectivity index (χ1n) is 6.98. The summed E-state index contributed by atoms with van der Waals surface area (Å²) in [6, 6.07) is 1.45. The molecule has 2 atom stereocenters. The van der Waals surface area contributed by atoms with Gasteiger partial charge in [0.1, 0.15) is 4.88 Å². The smallest absolute Gasteiger partial charge is 0.265 e. The molecule has 2 bridgehead atoms. The summed E-state index contributed by atoms with van der Waals surface area (Å²) in [4.78, 5) is 14.2. The molecule has 4 nitrogen and oxygen atoms in total. The van der Waals surface area contributed by atoms with Gasteiger partial charge in [0.2, 0.25) is 0 Å². The Morgan fingerprint density at radius 2 is 2.00 bits per heavy atom. The molecule has 0 aliphatic carbocycles. The van der Waals surface area contributed by atoms with Crippen LogP contribution in [0.25, 0.3) is 0 Å². The van der Waals surface area contributed by atoms with Crippen LogP contribution in [0.15, 0.2) is 4.47 Å². The lowest BCUT2D eigenvalue weighted by atomic mass is 10.00. The van der Waals surface area contributed by atoms with Gasteiger partial charge in [-0.05, 0) is 48.5 Å². The summed E-state index contributed by atoms with van der Waals surface area (Å²) >= 11 is 4.96. The van der Waals surface area contributed by atoms with E-state index in [0.717, 1.165) is 22.2 Å². The third-order valence-corrected chi connectivity index (χ3v) is 6.49. The highest BCUT2D eigenvalue weighted by atomic mass is 79.9. The standard InChI is InChI=1S/C14H19BrN2O2S.ClH/c1-7-11(15)12(19-2)13(20-7)14(18)17-10-5-8-3-4-9(6-10)16-8;/h8-10,16H,3-6H2,1-2H3,(H,17,18);1H. The number of piperidine rings is 1. The Hall–Kier alpha value is -0.300. The van der Waals surface area contributed by atoms with Crippen LogP contribution in [0.2, 0.25) is 0 Å². The Morgan fingerprint density at radius 1 is 1.38 bits per heavy atom. The van der Waals surface area contributed by atoms with Gasteiger partial charge in [0.25, 0.3) is 5.91 Å². The number of aryl methyl sites for hydroxylation is 1. The highest BCUT2D eigenvalue weighted by Gasteiger charge is 2.34. The second kappa shape index (κ2) is 6.86. The predicted octanol–water partition coefficient (Wildman–Crippen LogP) is 3.26. The van der Waals surface area contributed by atoms with Crippen LogP contribution in [0.3, 0.4) is 0 Å². The van der Waals surface area contributed by atoms with Gasteiger partial charge in [-0.1, -0.05) is 0 Å². The van der Waals surface area contributed by atoms with Gasteiger partial charge in [-0.2, -0.15) is 0 Å². The molecule has 1 aromatic heterocycles. The molecule has 3 heterocycles. The quantitative estimate of drug-likeness (QED) is 0.826. The molecule has 0 spiro atoms. The van der Waals surface area contributed by atoms with Crippen molar-refractivity contribution in [3.63, 3.8) is 0 Å². The van der Waals surface area contributed by atoms with Crippen molar-refractivity contribution in [1.29, 1.82) is 0 Å². The fourth-order valence-electron chi connectivity index (χ4n) is 3.26. The van der Waals surface area contributed by atoms with Crippen LogP contribution in [-0.4, -0.2) is 31.1 Å². The van der Waals surface area contributed by atoms with Crippen molar-refractivity contribution in [1.82, 2.24) is 10.6 Å². The second-order valence-electron chi connectivity index (χ2n) is 5.61. The number of thiophene rings is 1. The van der Waals surface area contributed by atoms with Crippen molar-refractivity contribution >= 4 is 45.6 Å². The zero-order valence-electron chi connectivity index (χ0n) is 12.1. The Morgan fingerprint density at radius 3 is 2.57 bits per heavy atom. The number of hydrogen-bond donors (Lipinski definition) is 2. The van der Waals surface area contributed by atoms with Crippen LogP contribution in [0.5, 0.6) is 5.75 Å². The Kier molecular flexibility index (Phi) is 5.57. The van der Waals surface area contributed by atoms with E-state index in [1.807, 2.05) is 6.92 Å². The van der Waals surface area contributed by atoms with E-state index >= 15 is 0 Å². The van der Waals surface area contributed by atoms with Crippen LogP contribution in [-0.2, 0) is 0 Å². The van der Waals surface area contributed by atoms with Crippen LogP contribution in [0.4, 0.5) is 0 Å². The number of ether oxygens (including phenoxy) is 1. The zero-order chi connectivity index (χ0) is 14.3. The molecule has 2 fully saturated rings. The van der Waals surface area contributed by atoms with Gasteiger partial charge in [-0.3, -0.25) is 4.79 Å². The maximum atomic E-state index is 12.5. The zero-order valence-corrected chi connectivity index (χ0v) is 15.3. The molecule has 1 aromatic rings. The van der Waals surface area contributed by atoms with Crippen LogP contribution < -0.4 is 15.4 Å². The molecule has 2 aliphatic heterocycles. The van der Waals surface area contributed by atoms with E-state index in [2.05, 4.69) is 26.6 Å². The number of amides is 1. The third-order valence-electron chi connectivity index (χ3n) is 4.19. The van der Waals surface area contributed by atoms with Crippen molar-refractivity contribution in [3.05, 3.63) is 14.2 Å². The molecular formula is C14H20BrClN2O2S. The first-order valence-corrected chi connectivity index (χ1v) is 8.59. The van der Waals surface area contributed by atoms with E-state index in [9.17, 15) is 4.79 Å². The molecule has 1 amide bonds. The number of methoxy groups -OCH3 is 1. The van der Waals surface area contributed by atoms with E-state index in [4.69, 9.17) is 4.74 Å². The van der Waals surface area contributed by atoms with Crippen molar-refractivity contribution in [2.45, 2.75) is 50.7 Å². The predicted molar refractivity (Wildman–Crippen MR) is 91.0 cm³/mol. The maximum absolute atomic E-state index is 12.5. The van der Waals surface area contributed by atoms with E-state index in [0.29, 0.717) is 22.7 Å². The van der Waals surface area contributed by atoms with Crippen molar-refractivity contribution in [3.8, 4) is 5.75 Å². The normalized spacial score (nSPS) is 27.1. The van der Waals surface area contributed by atoms with Crippen LogP contribution in [0.1, 0.15) is 40.2 Å². The minimum Gasteiger partial charge on any atom is -0.494 e. The van der Waals surface area contributed by atoms with Crippen LogP contribution >= 0.6 is 39.7 Å². The molecule has 7 heteroatoms. The lowest BCUT2D eigenvalue weighted by Gasteiger charge is -2.29. The Bertz CT molecular complexity index is 525. The van der Waals surface area contributed by atoms with Crippen molar-refractivity contribution in [2.24, 2.45) is 0 Å². The summed E-state index contributed by atoms with van der Waals surface area (Å²) in [7, 11) is 1.60. The van der Waals surface area contributed by atoms with Gasteiger partial charge in [0.05, 0.1) is 11.6 Å². The summed E-state index contributed by atoms with van der Waals surface area (Å²) in [5.74, 6) is 0.647. The minimum atomic E-state index is -0.00745. The topological polar surface area (TPSA) is 50.4 Å². The van der Waals surface area contributed by atoms with Gasteiger partial charge in [0.15, 0.2) is 5.75 Å². The molecule has 0 aromatic carbocycles. The molecule has 2 N–H and O–H groups in total. The number of halogens is 2. The first kappa shape index (κ1) is 17.1. The van der Waals surface area contributed by atoms with Crippen molar-refractivity contribution in [2.75, 3.05) is 7.11 Å². The summed E-state index contributed by atoms with van der Waals surface area (Å²) < 4.78 is 6.24. The number of carbonyl (C=O) groups excluding carboxylic acids is 1. The largest absolute Gasteiger partial charge is 0.494 e. The average molecular weight is 396 g/mol. The van der Waals surface area contributed by atoms with Gasteiger partial charge >= 0.3 is 0 Å². The highest BCUT2D eigenvalue weighted by molar-refractivity contribution is 9.10. The summed E-state index contributed by atoms with van der Waals surface area (Å²) in [6.45, 7) is 1.98. The molecule has 0 saturated carbocycles. The number of carbonyl (C=O) groups is 1. The lowest BCUT2D eigenvalue weighted by Crippen LogP contribution is -2.47. The van der Waals surface area contributed by atoms with Crippen LogP contribution in [0, 0.1) is 6.92 Å². The number of rotatable bonds is 3. The summed E-state index contributed by atoms with van der Waals surface area (Å²) in [6.07, 6.45) is 4.56. The molecule has 21 heavy (non-hydrogen) atoms. The fourth-order valence-corrected chi connectivity index (χ4v) is 4.91. The van der Waals surface area contributed by atoms with E-state index in [1.54, 1.807) is 7.11 Å². The lowest BCUT2D eigenvalue weighted by molar-refractivity contribution is 0.0925. The highest BCUT2D eigenvalue weighted by Crippen LogP contribution is 2.39. The SMILES string of the molecule is COc1c(C(=O)NC2CC3CCC(C2)N3)sc(C)c1Br.Cl. The molecule has 2 aliphatic rings. The maximum Gasteiger partial charge on any atom is 0.265 e. The summed E-state index contributed by atoms with van der Waals surface area (Å²) in [5.41, 5.74) is 0. The summed E-state index contributed by atoms with van der Waals surface area (Å²) in [5, 5.41) is 6.77. The van der Waals surface area contributed by atoms with Gasteiger partial charge in [0, 0.05) is 23.0 Å². The average Bonchev–Trinajstić information content (AvgIpc) is 2.90. The molecular weight excluding hydrogens is 376 g/mol. The van der Waals surface area contributed by atoms with Gasteiger partial charge in [-0.25, -0.2) is 0 Å². The Labute approximate surface area is 143 Å². The van der Waals surface area contributed by atoms with E-state index in [-0.39, 0.29) is 24.4 Å². The molecule has 0 radical (unpaired) electrons. The Balaban J connectivity index is 0.00000161. The molecule has 3 rings (SSSR count). The fraction of sp³-hybridized carbons (Fsp3) is 0.643. The van der Waals surface area contributed by atoms with E-state index < -0.39 is 0 Å². The number of hydrogen-bond acceptors (Lipinski definition) is 4. The molecule has 2 unspecified atom stereocenters. The van der Waals surface area contributed by atoms with Gasteiger partial charge in [-0.15, -0.1) is 23.7 Å². The van der Waals surface area contributed by atoms with Gasteiger partial charge < -0.3 is 15.4 Å². The minimum absolute atomic E-state index is 0. The molecule has 118 valence electrons. The monoisotopic (exact) mass is 394 g/mol.